The number of carboxylic acid groups (broad SMARTS) is 1. The standard InChI is InChI=1S/C19H24N2O5S/c22-17(15(27)11-12-5-2-1-3-6-12)20-13-9-10-26-16-8-4-7-14(19(24)25)21(16)18(13)23/h1-3,5-6,13-16,27H,4,7-11H2,(H,20,22)(H,24,25). The van der Waals surface area contributed by atoms with Gasteiger partial charge in [0, 0.05) is 6.42 Å². The summed E-state index contributed by atoms with van der Waals surface area (Å²) >= 11 is 4.37. The van der Waals surface area contributed by atoms with Crippen LogP contribution in [0.5, 0.6) is 0 Å². The van der Waals surface area contributed by atoms with Gasteiger partial charge in [0.1, 0.15) is 18.3 Å². The van der Waals surface area contributed by atoms with E-state index in [2.05, 4.69) is 17.9 Å². The van der Waals surface area contributed by atoms with E-state index in [1.165, 1.54) is 4.90 Å². The average Bonchev–Trinajstić information content (AvgIpc) is 2.81. The van der Waals surface area contributed by atoms with Gasteiger partial charge in [-0.3, -0.25) is 9.59 Å². The molecule has 2 saturated heterocycles. The highest BCUT2D eigenvalue weighted by Gasteiger charge is 2.43. The molecule has 146 valence electrons. The molecule has 3 rings (SSSR count). The summed E-state index contributed by atoms with van der Waals surface area (Å²) in [5, 5.41) is 11.6. The second-order valence-corrected chi connectivity index (χ2v) is 7.53. The second-order valence-electron chi connectivity index (χ2n) is 6.91. The molecule has 0 radical (unpaired) electrons. The van der Waals surface area contributed by atoms with Gasteiger partial charge in [-0.05, 0) is 31.2 Å². The number of hydrogen-bond donors (Lipinski definition) is 3. The Labute approximate surface area is 163 Å². The first-order valence-electron chi connectivity index (χ1n) is 9.16. The number of carboxylic acids is 1. The third-order valence-electron chi connectivity index (χ3n) is 5.02. The summed E-state index contributed by atoms with van der Waals surface area (Å²) in [4.78, 5) is 38.3. The van der Waals surface area contributed by atoms with E-state index in [4.69, 9.17) is 4.74 Å². The van der Waals surface area contributed by atoms with Crippen LogP contribution >= 0.6 is 12.6 Å². The van der Waals surface area contributed by atoms with Crippen molar-refractivity contribution in [1.29, 1.82) is 0 Å². The molecule has 2 aliphatic rings. The van der Waals surface area contributed by atoms with Crippen LogP contribution in [0.25, 0.3) is 0 Å². The number of piperidine rings is 1. The normalized spacial score (nSPS) is 26.6. The quantitative estimate of drug-likeness (QED) is 0.655. The van der Waals surface area contributed by atoms with Crippen LogP contribution in [0.15, 0.2) is 30.3 Å². The minimum absolute atomic E-state index is 0.292. The van der Waals surface area contributed by atoms with Crippen molar-refractivity contribution in [3.8, 4) is 0 Å². The van der Waals surface area contributed by atoms with Crippen molar-refractivity contribution in [3.05, 3.63) is 35.9 Å². The first-order chi connectivity index (χ1) is 13.0. The number of fused-ring (bicyclic) bond motifs is 1. The van der Waals surface area contributed by atoms with Gasteiger partial charge in [0.15, 0.2) is 0 Å². The molecule has 1 aromatic carbocycles. The third kappa shape index (κ3) is 4.62. The summed E-state index contributed by atoms with van der Waals surface area (Å²) in [7, 11) is 0. The van der Waals surface area contributed by atoms with E-state index in [1.807, 2.05) is 30.3 Å². The number of ether oxygens (including phenoxy) is 1. The first-order valence-corrected chi connectivity index (χ1v) is 9.68. The fourth-order valence-corrected chi connectivity index (χ4v) is 3.91. The maximum Gasteiger partial charge on any atom is 0.326 e. The van der Waals surface area contributed by atoms with Crippen molar-refractivity contribution >= 4 is 30.4 Å². The first kappa shape index (κ1) is 19.7. The minimum Gasteiger partial charge on any atom is -0.480 e. The molecule has 0 bridgehead atoms. The zero-order chi connectivity index (χ0) is 19.4. The van der Waals surface area contributed by atoms with Crippen LogP contribution in [-0.2, 0) is 25.5 Å². The summed E-state index contributed by atoms with van der Waals surface area (Å²) < 4.78 is 5.70. The summed E-state index contributed by atoms with van der Waals surface area (Å²) in [5.74, 6) is -1.78. The van der Waals surface area contributed by atoms with Gasteiger partial charge in [-0.2, -0.15) is 12.6 Å². The number of carbonyl (C=O) groups excluding carboxylic acids is 2. The minimum atomic E-state index is -1.04. The topological polar surface area (TPSA) is 95.9 Å². The number of rotatable bonds is 5. The molecule has 27 heavy (non-hydrogen) atoms. The molecule has 1 aromatic rings. The van der Waals surface area contributed by atoms with Crippen molar-refractivity contribution in [2.24, 2.45) is 0 Å². The fourth-order valence-electron chi connectivity index (χ4n) is 3.62. The lowest BCUT2D eigenvalue weighted by molar-refractivity contribution is -0.167. The van der Waals surface area contributed by atoms with Gasteiger partial charge in [-0.15, -0.1) is 0 Å². The molecule has 2 aliphatic heterocycles. The third-order valence-corrected chi connectivity index (χ3v) is 5.44. The van der Waals surface area contributed by atoms with Crippen LogP contribution in [0.4, 0.5) is 0 Å². The van der Waals surface area contributed by atoms with Crippen LogP contribution < -0.4 is 5.32 Å². The van der Waals surface area contributed by atoms with Crippen LogP contribution in [0, 0.1) is 0 Å². The average molecular weight is 392 g/mol. The predicted octanol–water partition coefficient (Wildman–Crippen LogP) is 1.22. The van der Waals surface area contributed by atoms with Crippen molar-refractivity contribution in [3.63, 3.8) is 0 Å². The van der Waals surface area contributed by atoms with Gasteiger partial charge < -0.3 is 20.1 Å². The van der Waals surface area contributed by atoms with Crippen LogP contribution in [0.2, 0.25) is 0 Å². The Hall–Kier alpha value is -2.06. The van der Waals surface area contributed by atoms with Gasteiger partial charge in [-0.1, -0.05) is 30.3 Å². The molecule has 4 atom stereocenters. The smallest absolute Gasteiger partial charge is 0.326 e. The highest BCUT2D eigenvalue weighted by atomic mass is 32.1. The maximum absolute atomic E-state index is 13.0. The number of nitrogens with one attached hydrogen (secondary N) is 1. The van der Waals surface area contributed by atoms with E-state index >= 15 is 0 Å². The second kappa shape index (κ2) is 8.75. The molecule has 0 saturated carbocycles. The number of carbonyl (C=O) groups is 3. The van der Waals surface area contributed by atoms with Gasteiger partial charge in [0.05, 0.1) is 11.9 Å². The number of aliphatic carboxylic acids is 1. The highest BCUT2D eigenvalue weighted by Crippen LogP contribution is 2.27. The summed E-state index contributed by atoms with van der Waals surface area (Å²) in [6.45, 7) is 0.292. The largest absolute Gasteiger partial charge is 0.480 e. The van der Waals surface area contributed by atoms with E-state index in [-0.39, 0.29) is 5.91 Å². The molecule has 2 heterocycles. The molecule has 2 N–H and O–H groups in total. The molecule has 0 aromatic heterocycles. The summed E-state index contributed by atoms with van der Waals surface area (Å²) in [5.41, 5.74) is 0.977. The Bertz CT molecular complexity index is 699. The van der Waals surface area contributed by atoms with Crippen molar-refractivity contribution < 1.29 is 24.2 Å². The number of amides is 2. The Morgan fingerprint density at radius 2 is 2.00 bits per heavy atom. The van der Waals surface area contributed by atoms with E-state index in [1.54, 1.807) is 0 Å². The number of thiol groups is 1. The molecule has 0 aliphatic carbocycles. The van der Waals surface area contributed by atoms with E-state index < -0.39 is 35.4 Å². The molecule has 2 fully saturated rings. The molecular formula is C19H24N2O5S. The van der Waals surface area contributed by atoms with Crippen LogP contribution in [-0.4, -0.2) is 58.0 Å². The Morgan fingerprint density at radius 1 is 1.26 bits per heavy atom. The highest BCUT2D eigenvalue weighted by molar-refractivity contribution is 7.81. The Kier molecular flexibility index (Phi) is 6.38. The monoisotopic (exact) mass is 392 g/mol. The number of nitrogens with zero attached hydrogens (tertiary/aromatic N) is 1. The van der Waals surface area contributed by atoms with Gasteiger partial charge in [0.2, 0.25) is 11.8 Å². The fraction of sp³-hybridized carbons (Fsp3) is 0.526. The Morgan fingerprint density at radius 3 is 2.70 bits per heavy atom. The van der Waals surface area contributed by atoms with Crippen molar-refractivity contribution in [2.75, 3.05) is 6.61 Å². The van der Waals surface area contributed by atoms with E-state index in [0.29, 0.717) is 38.7 Å². The molecule has 8 heteroatoms. The maximum atomic E-state index is 13.0. The molecule has 7 nitrogen and oxygen atoms in total. The number of benzene rings is 1. The molecule has 2 amide bonds. The van der Waals surface area contributed by atoms with E-state index in [9.17, 15) is 19.5 Å². The SMILES string of the molecule is O=C(NC1CCOC2CCCC(C(=O)O)N2C1=O)C(S)Cc1ccccc1. The zero-order valence-electron chi connectivity index (χ0n) is 14.9. The van der Waals surface area contributed by atoms with Gasteiger partial charge in [-0.25, -0.2) is 4.79 Å². The van der Waals surface area contributed by atoms with Gasteiger partial charge in [0.25, 0.3) is 0 Å². The van der Waals surface area contributed by atoms with E-state index in [0.717, 1.165) is 5.56 Å². The lowest BCUT2D eigenvalue weighted by Gasteiger charge is -2.39. The number of hydrogen-bond acceptors (Lipinski definition) is 5. The van der Waals surface area contributed by atoms with Crippen LogP contribution in [0.3, 0.4) is 0 Å². The lowest BCUT2D eigenvalue weighted by Crippen LogP contribution is -2.58. The molecule has 0 spiro atoms. The lowest BCUT2D eigenvalue weighted by atomic mass is 9.99. The van der Waals surface area contributed by atoms with Crippen molar-refractivity contribution in [2.45, 2.75) is 55.7 Å². The molecular weight excluding hydrogens is 368 g/mol. The van der Waals surface area contributed by atoms with Gasteiger partial charge >= 0.3 is 5.97 Å². The van der Waals surface area contributed by atoms with Crippen molar-refractivity contribution in [1.82, 2.24) is 10.2 Å². The van der Waals surface area contributed by atoms with Crippen LogP contribution in [0.1, 0.15) is 31.2 Å². The zero-order valence-corrected chi connectivity index (χ0v) is 15.8. The Balaban J connectivity index is 1.67. The predicted molar refractivity (Wildman–Crippen MR) is 101 cm³/mol. The summed E-state index contributed by atoms with van der Waals surface area (Å²) in [6.07, 6.45) is 1.92. The molecule has 4 unspecified atom stereocenters. The summed E-state index contributed by atoms with van der Waals surface area (Å²) in [6, 6.07) is 7.80.